The molecule has 9 heteroatoms. The van der Waals surface area contributed by atoms with Crippen molar-refractivity contribution in [2.75, 3.05) is 31.7 Å². The second-order valence-electron chi connectivity index (χ2n) is 7.95. The molecule has 3 rings (SSSR count). The minimum absolute atomic E-state index is 0.124. The molecule has 2 fully saturated rings. The van der Waals surface area contributed by atoms with Crippen molar-refractivity contribution >= 4 is 23.6 Å². The topological polar surface area (TPSA) is 96.7 Å². The van der Waals surface area contributed by atoms with Gasteiger partial charge in [-0.2, -0.15) is 11.8 Å². The highest BCUT2D eigenvalue weighted by molar-refractivity contribution is 7.99. The highest BCUT2D eigenvalue weighted by atomic mass is 32.2. The molecular formula is C19H30N4O4S. The zero-order valence-electron chi connectivity index (χ0n) is 16.8. The zero-order valence-corrected chi connectivity index (χ0v) is 17.6. The van der Waals surface area contributed by atoms with E-state index in [0.29, 0.717) is 44.7 Å². The largest absolute Gasteiger partial charge is 0.388 e. The third-order valence-corrected chi connectivity index (χ3v) is 6.54. The number of piperidine rings is 1. The zero-order chi connectivity index (χ0) is 20.4. The summed E-state index contributed by atoms with van der Waals surface area (Å²) in [5.41, 5.74) is -1.49. The van der Waals surface area contributed by atoms with E-state index >= 15 is 0 Å². The molecule has 0 radical (unpaired) electrons. The van der Waals surface area contributed by atoms with Gasteiger partial charge in [0.1, 0.15) is 18.5 Å². The van der Waals surface area contributed by atoms with E-state index in [-0.39, 0.29) is 18.4 Å². The molecule has 2 aliphatic heterocycles. The number of nitrogens with one attached hydrogen (secondary N) is 1. The van der Waals surface area contributed by atoms with Gasteiger partial charge in [0.05, 0.1) is 16.9 Å². The van der Waals surface area contributed by atoms with Crippen LogP contribution in [0.4, 0.5) is 0 Å². The lowest BCUT2D eigenvalue weighted by Gasteiger charge is -2.53. The number of thioether (sulfide) groups is 1. The van der Waals surface area contributed by atoms with Crippen LogP contribution >= 0.6 is 11.8 Å². The number of imidazole rings is 1. The molecule has 1 aromatic rings. The first-order valence-corrected chi connectivity index (χ1v) is 11.1. The molecule has 0 saturated carbocycles. The summed E-state index contributed by atoms with van der Waals surface area (Å²) in [5.74, 6) is 1.20. The Kier molecular flexibility index (Phi) is 6.36. The van der Waals surface area contributed by atoms with Crippen molar-refractivity contribution in [3.63, 3.8) is 0 Å². The van der Waals surface area contributed by atoms with Crippen molar-refractivity contribution in [1.29, 1.82) is 0 Å². The summed E-state index contributed by atoms with van der Waals surface area (Å²) >= 11 is 1.51. The molecule has 1 unspecified atom stereocenters. The van der Waals surface area contributed by atoms with Crippen molar-refractivity contribution in [3.05, 3.63) is 18.2 Å². The molecule has 2 atom stereocenters. The third kappa shape index (κ3) is 4.21. The normalized spacial score (nSPS) is 27.0. The van der Waals surface area contributed by atoms with Gasteiger partial charge in [-0.3, -0.25) is 9.59 Å². The summed E-state index contributed by atoms with van der Waals surface area (Å²) in [5, 5.41) is 14.2. The number of aromatic nitrogens is 2. The molecule has 1 aromatic heterocycles. The number of rotatable bonds is 5. The van der Waals surface area contributed by atoms with Crippen molar-refractivity contribution in [1.82, 2.24) is 19.8 Å². The van der Waals surface area contributed by atoms with Crippen LogP contribution in [0.2, 0.25) is 0 Å². The lowest BCUT2D eigenvalue weighted by Crippen LogP contribution is -2.69. The van der Waals surface area contributed by atoms with Crippen LogP contribution in [0.15, 0.2) is 12.4 Å². The number of hydrogen-bond acceptors (Lipinski definition) is 6. The third-order valence-electron chi connectivity index (χ3n) is 6.01. The molecule has 8 nitrogen and oxygen atoms in total. The number of hydrogen-bond donors (Lipinski definition) is 2. The number of aliphatic hydroxyl groups excluding tert-OH is 1. The predicted octanol–water partition coefficient (Wildman–Crippen LogP) is 0.572. The van der Waals surface area contributed by atoms with Gasteiger partial charge in [0.25, 0.3) is 0 Å². The summed E-state index contributed by atoms with van der Waals surface area (Å²) in [7, 11) is 0. The number of aryl methyl sites for hydroxylation is 1. The van der Waals surface area contributed by atoms with E-state index < -0.39 is 17.2 Å². The van der Waals surface area contributed by atoms with Gasteiger partial charge in [0.15, 0.2) is 0 Å². The second kappa shape index (κ2) is 8.42. The molecule has 2 aliphatic rings. The Labute approximate surface area is 170 Å². The number of amides is 2. The second-order valence-corrected chi connectivity index (χ2v) is 8.81. The molecule has 2 amide bonds. The number of carbonyl (C=O) groups is 2. The van der Waals surface area contributed by atoms with Gasteiger partial charge in [-0.25, -0.2) is 4.98 Å². The highest BCUT2D eigenvalue weighted by Gasteiger charge is 2.54. The maximum Gasteiger partial charge on any atom is 0.240 e. The molecule has 156 valence electrons. The average Bonchev–Trinajstić information content (AvgIpc) is 3.05. The van der Waals surface area contributed by atoms with Gasteiger partial charge in [-0.1, -0.05) is 0 Å². The van der Waals surface area contributed by atoms with Crippen molar-refractivity contribution in [3.8, 4) is 0 Å². The van der Waals surface area contributed by atoms with Gasteiger partial charge < -0.3 is 24.6 Å². The molecule has 0 aliphatic carbocycles. The van der Waals surface area contributed by atoms with E-state index in [1.807, 2.05) is 25.0 Å². The lowest BCUT2D eigenvalue weighted by molar-refractivity contribution is -0.207. The maximum absolute atomic E-state index is 12.6. The Hall–Kier alpha value is -1.58. The quantitative estimate of drug-likeness (QED) is 0.737. The highest BCUT2D eigenvalue weighted by Crippen LogP contribution is 2.40. The molecule has 1 spiro atoms. The molecule has 28 heavy (non-hydrogen) atoms. The number of aliphatic hydroxyl groups is 1. The standard InChI is InChI=1S/C19H30N4O4S/c1-14-20-7-10-23(14)12-15(24)21-18(2)6-11-27-19(17(18)26)4-8-22(9-5-19)16(25)13-28-3/h7,10,17,26H,4-6,8-9,11-13H2,1-3H3,(H,21,24)/t17?,18-/m1/s1. The average molecular weight is 411 g/mol. The van der Waals surface area contributed by atoms with Crippen LogP contribution in [0.5, 0.6) is 0 Å². The molecular weight excluding hydrogens is 380 g/mol. The van der Waals surface area contributed by atoms with Crippen LogP contribution in [-0.4, -0.2) is 80.3 Å². The molecule has 0 bridgehead atoms. The van der Waals surface area contributed by atoms with Crippen LogP contribution in [0.1, 0.15) is 32.0 Å². The molecule has 2 N–H and O–H groups in total. The van der Waals surface area contributed by atoms with Crippen LogP contribution in [0.3, 0.4) is 0 Å². The van der Waals surface area contributed by atoms with Crippen LogP contribution in [-0.2, 0) is 20.9 Å². The van der Waals surface area contributed by atoms with Gasteiger partial charge >= 0.3 is 0 Å². The van der Waals surface area contributed by atoms with Crippen LogP contribution in [0, 0.1) is 6.92 Å². The summed E-state index contributed by atoms with van der Waals surface area (Å²) in [4.78, 5) is 30.7. The Balaban J connectivity index is 1.64. The minimum atomic E-state index is -0.834. The van der Waals surface area contributed by atoms with E-state index in [4.69, 9.17) is 4.74 Å². The van der Waals surface area contributed by atoms with E-state index in [9.17, 15) is 14.7 Å². The smallest absolute Gasteiger partial charge is 0.240 e. The summed E-state index contributed by atoms with van der Waals surface area (Å²) < 4.78 is 7.82. The number of carbonyl (C=O) groups excluding carboxylic acids is 2. The fourth-order valence-corrected chi connectivity index (χ4v) is 4.67. The van der Waals surface area contributed by atoms with E-state index in [1.54, 1.807) is 17.0 Å². The van der Waals surface area contributed by atoms with E-state index in [2.05, 4.69) is 10.3 Å². The Morgan fingerprint density at radius 1 is 1.39 bits per heavy atom. The first kappa shape index (κ1) is 21.1. The van der Waals surface area contributed by atoms with Gasteiger partial charge in [-0.15, -0.1) is 0 Å². The van der Waals surface area contributed by atoms with Crippen LogP contribution < -0.4 is 5.32 Å². The fourth-order valence-electron chi connectivity index (χ4n) is 4.24. The van der Waals surface area contributed by atoms with E-state index in [1.165, 1.54) is 11.8 Å². The minimum Gasteiger partial charge on any atom is -0.388 e. The Bertz CT molecular complexity index is 717. The number of ether oxygens (including phenoxy) is 1. The fraction of sp³-hybridized carbons (Fsp3) is 0.737. The number of nitrogens with zero attached hydrogens (tertiary/aromatic N) is 3. The SMILES string of the molecule is CSCC(=O)N1CCC2(CC1)OCC[C@@](C)(NC(=O)Cn1ccnc1C)C2O. The first-order chi connectivity index (χ1) is 13.3. The summed E-state index contributed by atoms with van der Waals surface area (Å²) in [6.45, 7) is 5.49. The lowest BCUT2D eigenvalue weighted by atomic mass is 9.73. The van der Waals surface area contributed by atoms with Gasteiger partial charge in [0.2, 0.25) is 11.8 Å². The first-order valence-electron chi connectivity index (χ1n) is 9.67. The van der Waals surface area contributed by atoms with Gasteiger partial charge in [0, 0.05) is 32.1 Å². The van der Waals surface area contributed by atoms with Crippen molar-refractivity contribution in [2.24, 2.45) is 0 Å². The maximum atomic E-state index is 12.6. The Morgan fingerprint density at radius 3 is 2.71 bits per heavy atom. The molecule has 3 heterocycles. The van der Waals surface area contributed by atoms with E-state index in [0.717, 1.165) is 5.82 Å². The van der Waals surface area contributed by atoms with Crippen molar-refractivity contribution in [2.45, 2.75) is 56.9 Å². The van der Waals surface area contributed by atoms with Crippen LogP contribution in [0.25, 0.3) is 0 Å². The molecule has 0 aromatic carbocycles. The summed E-state index contributed by atoms with van der Waals surface area (Å²) in [6, 6.07) is 0. The Morgan fingerprint density at radius 2 is 2.11 bits per heavy atom. The van der Waals surface area contributed by atoms with Crippen molar-refractivity contribution < 1.29 is 19.4 Å². The summed E-state index contributed by atoms with van der Waals surface area (Å²) in [6.07, 6.45) is 6.19. The predicted molar refractivity (Wildman–Crippen MR) is 107 cm³/mol. The van der Waals surface area contributed by atoms with Gasteiger partial charge in [-0.05, 0) is 39.4 Å². The number of likely N-dealkylation sites (tertiary alicyclic amines) is 1. The molecule has 2 saturated heterocycles. The monoisotopic (exact) mass is 410 g/mol.